The number of nitrogens with zero attached hydrogens (tertiary/aromatic N) is 1. The van der Waals surface area contributed by atoms with E-state index in [0.717, 1.165) is 45.1 Å². The molecule has 160 valence electrons. The highest BCUT2D eigenvalue weighted by atomic mass is 127. The molecule has 3 N–H and O–H groups in total. The van der Waals surface area contributed by atoms with Crippen LogP contribution < -0.4 is 16.0 Å². The van der Waals surface area contributed by atoms with Crippen molar-refractivity contribution in [2.45, 2.75) is 44.8 Å². The minimum atomic E-state index is -0.00994. The van der Waals surface area contributed by atoms with Gasteiger partial charge in [0, 0.05) is 43.3 Å². The summed E-state index contributed by atoms with van der Waals surface area (Å²) < 4.78 is 5.64. The van der Waals surface area contributed by atoms with Gasteiger partial charge in [-0.3, -0.25) is 4.99 Å². The Morgan fingerprint density at radius 3 is 2.52 bits per heavy atom. The number of hydrogen-bond acceptors (Lipinski definition) is 4. The Labute approximate surface area is 195 Å². The van der Waals surface area contributed by atoms with E-state index < -0.39 is 0 Å². The molecular formula is C22H33IN4OS. The fraction of sp³-hybridized carbons (Fsp3) is 0.500. The molecule has 1 atom stereocenters. The van der Waals surface area contributed by atoms with Crippen molar-refractivity contribution in [3.05, 3.63) is 57.8 Å². The monoisotopic (exact) mass is 528 g/mol. The van der Waals surface area contributed by atoms with Crippen LogP contribution in [-0.4, -0.2) is 38.3 Å². The average Bonchev–Trinajstić information content (AvgIpc) is 3.14. The molecule has 3 rings (SSSR count). The van der Waals surface area contributed by atoms with Crippen LogP contribution in [0.25, 0.3) is 0 Å². The summed E-state index contributed by atoms with van der Waals surface area (Å²) in [4.78, 5) is 5.76. The van der Waals surface area contributed by atoms with Gasteiger partial charge in [0.2, 0.25) is 0 Å². The maximum absolute atomic E-state index is 5.64. The number of nitrogens with one attached hydrogen (secondary N) is 3. The van der Waals surface area contributed by atoms with Gasteiger partial charge in [-0.2, -0.15) is 0 Å². The van der Waals surface area contributed by atoms with E-state index in [9.17, 15) is 0 Å². The van der Waals surface area contributed by atoms with Crippen LogP contribution >= 0.6 is 35.3 Å². The van der Waals surface area contributed by atoms with Crippen molar-refractivity contribution in [1.29, 1.82) is 0 Å². The van der Waals surface area contributed by atoms with Crippen molar-refractivity contribution >= 4 is 41.3 Å². The molecule has 1 unspecified atom stereocenters. The van der Waals surface area contributed by atoms with E-state index >= 15 is 0 Å². The van der Waals surface area contributed by atoms with Crippen LogP contribution in [-0.2, 0) is 11.3 Å². The van der Waals surface area contributed by atoms with Gasteiger partial charge in [0.1, 0.15) is 0 Å². The molecule has 0 saturated carbocycles. The Bertz CT molecular complexity index is 759. The number of aryl methyl sites for hydroxylation is 1. The van der Waals surface area contributed by atoms with Crippen molar-refractivity contribution in [1.82, 2.24) is 16.0 Å². The van der Waals surface area contributed by atoms with Crippen molar-refractivity contribution in [2.24, 2.45) is 4.99 Å². The van der Waals surface area contributed by atoms with Crippen molar-refractivity contribution in [2.75, 3.05) is 26.8 Å². The van der Waals surface area contributed by atoms with Gasteiger partial charge in [0.05, 0.1) is 6.54 Å². The third-order valence-electron chi connectivity index (χ3n) is 5.47. The summed E-state index contributed by atoms with van der Waals surface area (Å²) in [6.07, 6.45) is 1.97. The lowest BCUT2D eigenvalue weighted by molar-refractivity contribution is 0.0355. The lowest BCUT2D eigenvalue weighted by atomic mass is 9.88. The van der Waals surface area contributed by atoms with E-state index in [2.05, 4.69) is 76.6 Å². The molecule has 1 aliphatic heterocycles. The van der Waals surface area contributed by atoms with Gasteiger partial charge >= 0.3 is 0 Å². The minimum Gasteiger partial charge on any atom is -0.381 e. The number of guanidine groups is 1. The molecule has 5 nitrogen and oxygen atoms in total. The lowest BCUT2D eigenvalue weighted by Crippen LogP contribution is -2.58. The van der Waals surface area contributed by atoms with Crippen LogP contribution in [0, 0.1) is 6.92 Å². The van der Waals surface area contributed by atoms with Gasteiger partial charge < -0.3 is 20.7 Å². The van der Waals surface area contributed by atoms with E-state index in [1.165, 1.54) is 16.0 Å². The third-order valence-corrected chi connectivity index (χ3v) is 6.50. The molecule has 1 fully saturated rings. The minimum absolute atomic E-state index is 0. The van der Waals surface area contributed by atoms with Gasteiger partial charge in [-0.15, -0.1) is 35.3 Å². The smallest absolute Gasteiger partial charge is 0.191 e. The van der Waals surface area contributed by atoms with E-state index in [1.54, 1.807) is 11.3 Å². The number of thiophene rings is 1. The van der Waals surface area contributed by atoms with Crippen LogP contribution in [0.2, 0.25) is 0 Å². The largest absolute Gasteiger partial charge is 0.381 e. The summed E-state index contributed by atoms with van der Waals surface area (Å²) in [7, 11) is 1.83. The molecule has 1 aromatic carbocycles. The second-order valence-electron chi connectivity index (χ2n) is 7.48. The van der Waals surface area contributed by atoms with E-state index in [-0.39, 0.29) is 35.6 Å². The molecule has 0 amide bonds. The molecule has 29 heavy (non-hydrogen) atoms. The number of halogens is 1. The SMILES string of the molecule is CN=C(NCc1sccc1C)NCC1(NC(C)c2ccccc2)CCOCC1.I. The normalized spacial score (nSPS) is 17.3. The molecule has 2 heterocycles. The van der Waals surface area contributed by atoms with E-state index in [1.807, 2.05) is 7.05 Å². The predicted octanol–water partition coefficient (Wildman–Crippen LogP) is 4.24. The zero-order valence-corrected chi connectivity index (χ0v) is 20.7. The van der Waals surface area contributed by atoms with Crippen LogP contribution in [0.1, 0.15) is 41.8 Å². The molecular weight excluding hydrogens is 495 g/mol. The quantitative estimate of drug-likeness (QED) is 0.286. The van der Waals surface area contributed by atoms with Crippen molar-refractivity contribution in [3.8, 4) is 0 Å². The molecule has 1 aromatic heterocycles. The highest BCUT2D eigenvalue weighted by molar-refractivity contribution is 14.0. The summed E-state index contributed by atoms with van der Waals surface area (Å²) >= 11 is 1.78. The summed E-state index contributed by atoms with van der Waals surface area (Å²) in [5.74, 6) is 0.841. The summed E-state index contributed by atoms with van der Waals surface area (Å²) in [6.45, 7) is 7.58. The van der Waals surface area contributed by atoms with Crippen LogP contribution in [0.3, 0.4) is 0 Å². The van der Waals surface area contributed by atoms with Gasteiger partial charge in [-0.05, 0) is 49.3 Å². The first-order valence-corrected chi connectivity index (χ1v) is 10.9. The second kappa shape index (κ2) is 11.9. The fourth-order valence-corrected chi connectivity index (χ4v) is 4.49. The highest BCUT2D eigenvalue weighted by Gasteiger charge is 2.34. The zero-order valence-electron chi connectivity index (χ0n) is 17.5. The summed E-state index contributed by atoms with van der Waals surface area (Å²) in [6, 6.07) is 13.1. The summed E-state index contributed by atoms with van der Waals surface area (Å²) in [5.41, 5.74) is 2.63. The van der Waals surface area contributed by atoms with Crippen molar-refractivity contribution in [3.63, 3.8) is 0 Å². The number of benzene rings is 1. The number of aliphatic imine (C=N–C) groups is 1. The first kappa shape index (κ1) is 24.1. The number of hydrogen-bond donors (Lipinski definition) is 3. The molecule has 1 saturated heterocycles. The van der Waals surface area contributed by atoms with Gasteiger partial charge in [0.15, 0.2) is 5.96 Å². The van der Waals surface area contributed by atoms with Crippen LogP contribution in [0.15, 0.2) is 46.8 Å². The Morgan fingerprint density at radius 2 is 1.90 bits per heavy atom. The van der Waals surface area contributed by atoms with Gasteiger partial charge in [-0.1, -0.05) is 30.3 Å². The molecule has 0 radical (unpaired) electrons. The van der Waals surface area contributed by atoms with Crippen molar-refractivity contribution < 1.29 is 4.74 Å². The van der Waals surface area contributed by atoms with E-state index in [0.29, 0.717) is 0 Å². The molecule has 2 aromatic rings. The third kappa shape index (κ3) is 6.94. The topological polar surface area (TPSA) is 57.7 Å². The van der Waals surface area contributed by atoms with Gasteiger partial charge in [-0.25, -0.2) is 0 Å². The molecule has 1 aliphatic rings. The Hall–Kier alpha value is -1.16. The van der Waals surface area contributed by atoms with Crippen LogP contribution in [0.5, 0.6) is 0 Å². The highest BCUT2D eigenvalue weighted by Crippen LogP contribution is 2.25. The first-order chi connectivity index (χ1) is 13.6. The molecule has 7 heteroatoms. The Morgan fingerprint density at radius 1 is 1.17 bits per heavy atom. The molecule has 0 bridgehead atoms. The lowest BCUT2D eigenvalue weighted by Gasteiger charge is -2.41. The average molecular weight is 529 g/mol. The van der Waals surface area contributed by atoms with Crippen LogP contribution in [0.4, 0.5) is 0 Å². The second-order valence-corrected chi connectivity index (χ2v) is 8.48. The fourth-order valence-electron chi connectivity index (χ4n) is 3.64. The first-order valence-electron chi connectivity index (χ1n) is 10.00. The predicted molar refractivity (Wildman–Crippen MR) is 133 cm³/mol. The maximum Gasteiger partial charge on any atom is 0.191 e. The standard InChI is InChI=1S/C22H32N4OS.HI/c1-17-9-14-28-20(17)15-24-21(23-3)25-16-22(10-12-27-13-11-22)26-18(2)19-7-5-4-6-8-19;/h4-9,14,18,26H,10-13,15-16H2,1-3H3,(H2,23,24,25);1H. The van der Waals surface area contributed by atoms with Gasteiger partial charge in [0.25, 0.3) is 0 Å². The molecule has 0 spiro atoms. The Balaban J connectivity index is 0.00000300. The Kier molecular flexibility index (Phi) is 9.88. The number of rotatable bonds is 7. The zero-order chi connectivity index (χ0) is 19.8. The summed E-state index contributed by atoms with van der Waals surface area (Å²) in [5, 5.41) is 13.0. The number of ether oxygens (including phenoxy) is 1. The maximum atomic E-state index is 5.64. The van der Waals surface area contributed by atoms with E-state index in [4.69, 9.17) is 4.74 Å². The molecule has 0 aliphatic carbocycles.